The molecule has 0 saturated heterocycles. The average molecular weight is 427 g/mol. The van der Waals surface area contributed by atoms with E-state index in [9.17, 15) is 4.79 Å². The summed E-state index contributed by atoms with van der Waals surface area (Å²) in [6.07, 6.45) is 1.59. The van der Waals surface area contributed by atoms with Gasteiger partial charge in [-0.3, -0.25) is 4.79 Å². The van der Waals surface area contributed by atoms with Crippen molar-refractivity contribution in [2.24, 2.45) is 0 Å². The van der Waals surface area contributed by atoms with Crippen LogP contribution in [-0.4, -0.2) is 12.9 Å². The first-order valence-electron chi connectivity index (χ1n) is 8.83. The van der Waals surface area contributed by atoms with Crippen molar-refractivity contribution in [1.29, 1.82) is 0 Å². The van der Waals surface area contributed by atoms with Gasteiger partial charge in [-0.1, -0.05) is 47.5 Å². The molecule has 1 aliphatic rings. The maximum absolute atomic E-state index is 12.6. The molecule has 0 N–H and O–H groups in total. The summed E-state index contributed by atoms with van der Waals surface area (Å²) < 4.78 is 16.7. The number of carbonyl (C=O) groups excluding carboxylic acids is 1. The minimum atomic E-state index is -0.210. The molecule has 0 atom stereocenters. The van der Waals surface area contributed by atoms with Crippen molar-refractivity contribution in [2.75, 3.05) is 7.11 Å². The largest absolute Gasteiger partial charge is 0.497 e. The number of benzene rings is 3. The Labute approximate surface area is 178 Å². The first kappa shape index (κ1) is 19.4. The fourth-order valence-corrected chi connectivity index (χ4v) is 3.28. The van der Waals surface area contributed by atoms with Crippen LogP contribution in [0.15, 0.2) is 66.4 Å². The quantitative estimate of drug-likeness (QED) is 0.455. The molecule has 3 aromatic rings. The molecule has 4 nitrogen and oxygen atoms in total. The molecule has 4 rings (SSSR count). The third kappa shape index (κ3) is 4.09. The zero-order valence-electron chi connectivity index (χ0n) is 15.4. The van der Waals surface area contributed by atoms with E-state index in [-0.39, 0.29) is 11.5 Å². The highest BCUT2D eigenvalue weighted by Gasteiger charge is 2.28. The second-order valence-corrected chi connectivity index (χ2v) is 7.16. The van der Waals surface area contributed by atoms with Gasteiger partial charge in [-0.25, -0.2) is 0 Å². The van der Waals surface area contributed by atoms with Gasteiger partial charge < -0.3 is 14.2 Å². The van der Waals surface area contributed by atoms with Crippen LogP contribution in [0.3, 0.4) is 0 Å². The number of ketones is 1. The Morgan fingerprint density at radius 3 is 2.52 bits per heavy atom. The minimum absolute atomic E-state index is 0.191. The van der Waals surface area contributed by atoms with E-state index in [4.69, 9.17) is 37.4 Å². The number of allylic oxidation sites excluding steroid dienone is 1. The first-order valence-corrected chi connectivity index (χ1v) is 9.59. The number of methoxy groups -OCH3 is 1. The van der Waals surface area contributed by atoms with Crippen LogP contribution >= 0.6 is 23.2 Å². The molecular formula is C23H16Cl2O4. The molecule has 0 bridgehead atoms. The number of Topliss-reactive ketones (excluding diaryl/α,β-unsaturated/α-hetero) is 1. The van der Waals surface area contributed by atoms with Crippen LogP contribution in [0.25, 0.3) is 6.08 Å². The maximum atomic E-state index is 12.6. The zero-order chi connectivity index (χ0) is 20.4. The second kappa shape index (κ2) is 8.19. The number of carbonyl (C=O) groups is 1. The molecule has 1 heterocycles. The molecule has 0 aliphatic carbocycles. The summed E-state index contributed by atoms with van der Waals surface area (Å²) in [5, 5.41) is 0.788. The van der Waals surface area contributed by atoms with E-state index in [1.807, 2.05) is 24.3 Å². The third-order valence-corrected chi connectivity index (χ3v) is 5.31. The lowest BCUT2D eigenvalue weighted by molar-refractivity contribution is 0.101. The molecule has 0 amide bonds. The molecule has 29 heavy (non-hydrogen) atoms. The minimum Gasteiger partial charge on any atom is -0.497 e. The molecule has 3 aromatic carbocycles. The van der Waals surface area contributed by atoms with Gasteiger partial charge in [-0.05, 0) is 47.5 Å². The van der Waals surface area contributed by atoms with Crippen molar-refractivity contribution in [3.8, 4) is 17.2 Å². The van der Waals surface area contributed by atoms with E-state index in [0.717, 1.165) is 11.3 Å². The topological polar surface area (TPSA) is 44.8 Å². The van der Waals surface area contributed by atoms with Crippen molar-refractivity contribution >= 4 is 35.1 Å². The average Bonchev–Trinajstić information content (AvgIpc) is 3.05. The van der Waals surface area contributed by atoms with Crippen LogP contribution in [0.2, 0.25) is 10.0 Å². The Hall–Kier alpha value is -2.95. The number of hydrogen-bond acceptors (Lipinski definition) is 4. The van der Waals surface area contributed by atoms with Crippen molar-refractivity contribution in [1.82, 2.24) is 0 Å². The molecule has 1 aliphatic heterocycles. The molecule has 0 aromatic heterocycles. The molecule has 0 saturated carbocycles. The number of fused-ring (bicyclic) bond motifs is 1. The Balaban J connectivity index is 1.51. The molecule has 0 spiro atoms. The van der Waals surface area contributed by atoms with Gasteiger partial charge in [0.25, 0.3) is 0 Å². The normalized spacial score (nSPS) is 13.9. The molecule has 0 radical (unpaired) electrons. The highest BCUT2D eigenvalue weighted by atomic mass is 35.5. The summed E-state index contributed by atoms with van der Waals surface area (Å²) in [6, 6.07) is 18.0. The van der Waals surface area contributed by atoms with E-state index in [1.54, 1.807) is 49.6 Å². The number of rotatable bonds is 5. The molecule has 0 unspecified atom stereocenters. The Kier molecular flexibility index (Phi) is 5.47. The predicted octanol–water partition coefficient (Wildman–Crippen LogP) is 6.20. The van der Waals surface area contributed by atoms with Gasteiger partial charge in [0.1, 0.15) is 23.9 Å². The third-order valence-electron chi connectivity index (χ3n) is 4.47. The summed E-state index contributed by atoms with van der Waals surface area (Å²) in [4.78, 5) is 12.6. The lowest BCUT2D eigenvalue weighted by Crippen LogP contribution is -1.98. The van der Waals surface area contributed by atoms with Crippen LogP contribution in [0.5, 0.6) is 17.2 Å². The summed E-state index contributed by atoms with van der Waals surface area (Å²) in [5.74, 6) is 1.83. The van der Waals surface area contributed by atoms with Crippen LogP contribution in [0.1, 0.15) is 21.5 Å². The van der Waals surface area contributed by atoms with Crippen molar-refractivity contribution < 1.29 is 19.0 Å². The van der Waals surface area contributed by atoms with E-state index in [0.29, 0.717) is 39.3 Å². The zero-order valence-corrected chi connectivity index (χ0v) is 17.0. The second-order valence-electron chi connectivity index (χ2n) is 6.38. The highest BCUT2D eigenvalue weighted by Crippen LogP contribution is 2.36. The SMILES string of the molecule is COc1ccc(COc2ccc3c(c2)OC(=Cc2cccc(Cl)c2Cl)C3=O)cc1. The van der Waals surface area contributed by atoms with E-state index in [1.165, 1.54) is 0 Å². The smallest absolute Gasteiger partial charge is 0.231 e. The highest BCUT2D eigenvalue weighted by molar-refractivity contribution is 6.43. The van der Waals surface area contributed by atoms with Gasteiger partial charge in [0.2, 0.25) is 5.78 Å². The van der Waals surface area contributed by atoms with Crippen LogP contribution in [0.4, 0.5) is 0 Å². The molecule has 146 valence electrons. The van der Waals surface area contributed by atoms with Gasteiger partial charge in [0.15, 0.2) is 5.76 Å². The predicted molar refractivity (Wildman–Crippen MR) is 113 cm³/mol. The van der Waals surface area contributed by atoms with E-state index < -0.39 is 0 Å². The van der Waals surface area contributed by atoms with Gasteiger partial charge in [0.05, 0.1) is 22.7 Å². The summed E-state index contributed by atoms with van der Waals surface area (Å²) in [7, 11) is 1.63. The van der Waals surface area contributed by atoms with Crippen molar-refractivity contribution in [3.05, 3.63) is 93.2 Å². The Morgan fingerprint density at radius 1 is 1.00 bits per heavy atom. The van der Waals surface area contributed by atoms with Crippen molar-refractivity contribution in [2.45, 2.75) is 6.61 Å². The van der Waals surface area contributed by atoms with Gasteiger partial charge >= 0.3 is 0 Å². The summed E-state index contributed by atoms with van der Waals surface area (Å²) >= 11 is 12.2. The number of hydrogen-bond donors (Lipinski definition) is 0. The number of ether oxygens (including phenoxy) is 3. The number of halogens is 2. The lowest BCUT2D eigenvalue weighted by Gasteiger charge is -2.08. The Morgan fingerprint density at radius 2 is 1.76 bits per heavy atom. The monoisotopic (exact) mass is 426 g/mol. The standard InChI is InChI=1S/C23H16Cl2O4/c1-27-16-7-5-14(6-8-16)13-28-17-9-10-18-20(12-17)29-21(23(18)26)11-15-3-2-4-19(24)22(15)25/h2-12H,13H2,1H3. The molecular weight excluding hydrogens is 411 g/mol. The summed E-state index contributed by atoms with van der Waals surface area (Å²) in [5.41, 5.74) is 2.09. The van der Waals surface area contributed by atoms with Crippen LogP contribution in [0, 0.1) is 0 Å². The first-order chi connectivity index (χ1) is 14.0. The fraction of sp³-hybridized carbons (Fsp3) is 0.0870. The lowest BCUT2D eigenvalue weighted by atomic mass is 10.1. The molecule has 0 fully saturated rings. The van der Waals surface area contributed by atoms with Gasteiger partial charge in [0, 0.05) is 6.07 Å². The van der Waals surface area contributed by atoms with Crippen LogP contribution < -0.4 is 14.2 Å². The van der Waals surface area contributed by atoms with Crippen molar-refractivity contribution in [3.63, 3.8) is 0 Å². The summed E-state index contributed by atoms with van der Waals surface area (Å²) in [6.45, 7) is 0.386. The van der Waals surface area contributed by atoms with Crippen LogP contribution in [-0.2, 0) is 6.61 Å². The molecule has 6 heteroatoms. The van der Waals surface area contributed by atoms with Gasteiger partial charge in [-0.2, -0.15) is 0 Å². The Bertz CT molecular complexity index is 1100. The van der Waals surface area contributed by atoms with E-state index in [2.05, 4.69) is 0 Å². The van der Waals surface area contributed by atoms with Gasteiger partial charge in [-0.15, -0.1) is 0 Å². The fourth-order valence-electron chi connectivity index (χ4n) is 2.92. The van der Waals surface area contributed by atoms with E-state index >= 15 is 0 Å². The maximum Gasteiger partial charge on any atom is 0.231 e.